The van der Waals surface area contributed by atoms with Gasteiger partial charge in [0.2, 0.25) is 0 Å². The molecule has 0 bridgehead atoms. The Bertz CT molecular complexity index is 612. The van der Waals surface area contributed by atoms with Gasteiger partial charge in [0.05, 0.1) is 18.0 Å². The van der Waals surface area contributed by atoms with Crippen molar-refractivity contribution in [3.63, 3.8) is 0 Å². The summed E-state index contributed by atoms with van der Waals surface area (Å²) in [7, 11) is 1.71. The molecule has 0 N–H and O–H groups in total. The van der Waals surface area contributed by atoms with Crippen LogP contribution < -0.4 is 0 Å². The van der Waals surface area contributed by atoms with Crippen LogP contribution in [0, 0.1) is 13.8 Å². The summed E-state index contributed by atoms with van der Waals surface area (Å²) >= 11 is 1.68. The molecule has 1 aliphatic rings. The van der Waals surface area contributed by atoms with E-state index in [4.69, 9.17) is 9.26 Å². The number of aromatic nitrogens is 2. The van der Waals surface area contributed by atoms with Crippen LogP contribution in [0.3, 0.4) is 0 Å². The Labute approximate surface area is 141 Å². The molecule has 1 saturated heterocycles. The highest BCUT2D eigenvalue weighted by Gasteiger charge is 2.20. The smallest absolute Gasteiger partial charge is 0.138 e. The summed E-state index contributed by atoms with van der Waals surface area (Å²) in [4.78, 5) is 9.56. The summed E-state index contributed by atoms with van der Waals surface area (Å²) in [6.45, 7) is 10.8. The van der Waals surface area contributed by atoms with Crippen molar-refractivity contribution in [1.82, 2.24) is 19.9 Å². The van der Waals surface area contributed by atoms with Crippen molar-refractivity contribution < 1.29 is 9.26 Å². The SMILES string of the molecule is COCc1nc(CN2CCN(Cc3c(C)noc3C)CC2)cs1. The van der Waals surface area contributed by atoms with Crippen LogP contribution in [-0.2, 0) is 24.4 Å². The van der Waals surface area contributed by atoms with Crippen molar-refractivity contribution in [2.24, 2.45) is 0 Å². The van der Waals surface area contributed by atoms with Gasteiger partial charge in [0.1, 0.15) is 10.8 Å². The molecule has 0 amide bonds. The molecular weight excluding hydrogens is 312 g/mol. The molecule has 1 aliphatic heterocycles. The van der Waals surface area contributed by atoms with E-state index in [9.17, 15) is 0 Å². The van der Waals surface area contributed by atoms with Crippen molar-refractivity contribution in [3.8, 4) is 0 Å². The molecule has 6 nitrogen and oxygen atoms in total. The molecule has 126 valence electrons. The lowest BCUT2D eigenvalue weighted by molar-refractivity contribution is 0.120. The van der Waals surface area contributed by atoms with Gasteiger partial charge < -0.3 is 9.26 Å². The molecule has 1 fully saturated rings. The zero-order valence-electron chi connectivity index (χ0n) is 14.0. The fraction of sp³-hybridized carbons (Fsp3) is 0.625. The fourth-order valence-corrected chi connectivity index (χ4v) is 3.65. The van der Waals surface area contributed by atoms with Crippen molar-refractivity contribution in [2.75, 3.05) is 33.3 Å². The summed E-state index contributed by atoms with van der Waals surface area (Å²) in [5.74, 6) is 0.943. The van der Waals surface area contributed by atoms with Gasteiger partial charge in [-0.05, 0) is 13.8 Å². The number of aryl methyl sites for hydroxylation is 2. The van der Waals surface area contributed by atoms with Gasteiger partial charge in [0, 0.05) is 57.3 Å². The summed E-state index contributed by atoms with van der Waals surface area (Å²) in [5, 5.41) is 7.24. The number of piperazine rings is 1. The zero-order chi connectivity index (χ0) is 16.2. The average molecular weight is 336 g/mol. The minimum Gasteiger partial charge on any atom is -0.378 e. The fourth-order valence-electron chi connectivity index (χ4n) is 2.90. The highest BCUT2D eigenvalue weighted by atomic mass is 32.1. The van der Waals surface area contributed by atoms with Crippen LogP contribution >= 0.6 is 11.3 Å². The number of ether oxygens (including phenoxy) is 1. The van der Waals surface area contributed by atoms with Crippen LogP contribution in [0.15, 0.2) is 9.90 Å². The van der Waals surface area contributed by atoms with Gasteiger partial charge >= 0.3 is 0 Å². The second-order valence-electron chi connectivity index (χ2n) is 6.02. The van der Waals surface area contributed by atoms with Gasteiger partial charge in [-0.1, -0.05) is 5.16 Å². The third kappa shape index (κ3) is 4.17. The van der Waals surface area contributed by atoms with Crippen LogP contribution in [0.1, 0.15) is 27.7 Å². The molecular formula is C16H24N4O2S. The highest BCUT2D eigenvalue weighted by molar-refractivity contribution is 7.09. The predicted molar refractivity (Wildman–Crippen MR) is 89.4 cm³/mol. The van der Waals surface area contributed by atoms with Gasteiger partial charge in [0.25, 0.3) is 0 Å². The highest BCUT2D eigenvalue weighted by Crippen LogP contribution is 2.17. The zero-order valence-corrected chi connectivity index (χ0v) is 14.9. The van der Waals surface area contributed by atoms with E-state index in [1.807, 2.05) is 13.8 Å². The van der Waals surface area contributed by atoms with Crippen molar-refractivity contribution in [3.05, 3.63) is 33.1 Å². The lowest BCUT2D eigenvalue weighted by Gasteiger charge is -2.34. The molecule has 0 radical (unpaired) electrons. The second kappa shape index (κ2) is 7.53. The average Bonchev–Trinajstić information content (AvgIpc) is 3.11. The van der Waals surface area contributed by atoms with E-state index in [1.54, 1.807) is 18.4 Å². The molecule has 0 atom stereocenters. The normalized spacial score (nSPS) is 17.0. The van der Waals surface area contributed by atoms with E-state index in [1.165, 1.54) is 5.56 Å². The van der Waals surface area contributed by atoms with E-state index in [-0.39, 0.29) is 0 Å². The molecule has 0 spiro atoms. The van der Waals surface area contributed by atoms with Gasteiger partial charge in [-0.15, -0.1) is 11.3 Å². The quantitative estimate of drug-likeness (QED) is 0.806. The van der Waals surface area contributed by atoms with Gasteiger partial charge in [-0.25, -0.2) is 4.98 Å². The largest absolute Gasteiger partial charge is 0.378 e. The molecule has 3 rings (SSSR count). The molecule has 0 aromatic carbocycles. The van der Waals surface area contributed by atoms with Crippen molar-refractivity contribution in [2.45, 2.75) is 33.5 Å². The summed E-state index contributed by atoms with van der Waals surface area (Å²) < 4.78 is 10.4. The Balaban J connectivity index is 1.48. The van der Waals surface area contributed by atoms with Gasteiger partial charge in [0.15, 0.2) is 0 Å². The van der Waals surface area contributed by atoms with Crippen LogP contribution in [0.5, 0.6) is 0 Å². The number of thiazole rings is 1. The first kappa shape index (κ1) is 16.6. The Kier molecular flexibility index (Phi) is 5.42. The molecule has 3 heterocycles. The Hall–Kier alpha value is -1.28. The monoisotopic (exact) mass is 336 g/mol. The Morgan fingerprint density at radius 1 is 1.17 bits per heavy atom. The maximum absolute atomic E-state index is 5.25. The Morgan fingerprint density at radius 2 is 1.87 bits per heavy atom. The predicted octanol–water partition coefficient (Wildman–Crippen LogP) is 2.21. The van der Waals surface area contributed by atoms with Crippen LogP contribution in [0.4, 0.5) is 0 Å². The maximum Gasteiger partial charge on any atom is 0.138 e. The summed E-state index contributed by atoms with van der Waals surface area (Å²) in [6.07, 6.45) is 0. The van der Waals surface area contributed by atoms with Gasteiger partial charge in [-0.3, -0.25) is 9.80 Å². The van der Waals surface area contributed by atoms with E-state index >= 15 is 0 Å². The second-order valence-corrected chi connectivity index (χ2v) is 6.96. The van der Waals surface area contributed by atoms with Crippen molar-refractivity contribution in [1.29, 1.82) is 0 Å². The van der Waals surface area contributed by atoms with E-state index < -0.39 is 0 Å². The molecule has 2 aromatic rings. The third-order valence-corrected chi connectivity index (χ3v) is 5.15. The number of hydrogen-bond donors (Lipinski definition) is 0. The number of hydrogen-bond acceptors (Lipinski definition) is 7. The first-order valence-electron chi connectivity index (χ1n) is 7.94. The first-order valence-corrected chi connectivity index (χ1v) is 8.82. The molecule has 7 heteroatoms. The molecule has 23 heavy (non-hydrogen) atoms. The first-order chi connectivity index (χ1) is 11.2. The van der Waals surface area contributed by atoms with Crippen LogP contribution in [0.2, 0.25) is 0 Å². The minimum absolute atomic E-state index is 0.607. The van der Waals surface area contributed by atoms with E-state index in [0.717, 1.165) is 61.4 Å². The lowest BCUT2D eigenvalue weighted by Crippen LogP contribution is -2.45. The number of rotatable bonds is 6. The van der Waals surface area contributed by atoms with Gasteiger partial charge in [-0.2, -0.15) is 0 Å². The molecule has 0 saturated carbocycles. The van der Waals surface area contributed by atoms with Crippen LogP contribution in [-0.4, -0.2) is 53.2 Å². The van der Waals surface area contributed by atoms with E-state index in [0.29, 0.717) is 6.61 Å². The standard InChI is InChI=1S/C16H24N4O2S/c1-12-15(13(2)22-18-12)9-20-6-4-19(5-7-20)8-14-11-23-16(17-14)10-21-3/h11H,4-10H2,1-3H3. The number of nitrogens with zero attached hydrogens (tertiary/aromatic N) is 4. The Morgan fingerprint density at radius 3 is 2.48 bits per heavy atom. The third-order valence-electron chi connectivity index (χ3n) is 4.28. The lowest BCUT2D eigenvalue weighted by atomic mass is 10.2. The van der Waals surface area contributed by atoms with E-state index in [2.05, 4.69) is 25.3 Å². The van der Waals surface area contributed by atoms with Crippen LogP contribution in [0.25, 0.3) is 0 Å². The topological polar surface area (TPSA) is 54.6 Å². The maximum atomic E-state index is 5.25. The number of methoxy groups -OCH3 is 1. The van der Waals surface area contributed by atoms with Crippen molar-refractivity contribution >= 4 is 11.3 Å². The molecule has 0 aliphatic carbocycles. The summed E-state index contributed by atoms with van der Waals surface area (Å²) in [5.41, 5.74) is 3.40. The molecule has 0 unspecified atom stereocenters. The molecule has 2 aromatic heterocycles. The summed E-state index contributed by atoms with van der Waals surface area (Å²) in [6, 6.07) is 0. The minimum atomic E-state index is 0.607.